The van der Waals surface area contributed by atoms with Crippen LogP contribution in [0.2, 0.25) is 0 Å². The Balaban J connectivity index is 2.00. The summed E-state index contributed by atoms with van der Waals surface area (Å²) >= 11 is 0. The molecule has 2 rings (SSSR count). The molecule has 1 unspecified atom stereocenters. The van der Waals surface area contributed by atoms with Gasteiger partial charge in [-0.1, -0.05) is 0 Å². The van der Waals surface area contributed by atoms with Gasteiger partial charge in [0.2, 0.25) is 5.88 Å². The van der Waals surface area contributed by atoms with E-state index in [0.29, 0.717) is 24.7 Å². The molecule has 0 fully saturated rings. The van der Waals surface area contributed by atoms with E-state index < -0.39 is 6.10 Å². The predicted molar refractivity (Wildman–Crippen MR) is 51.7 cm³/mol. The van der Waals surface area contributed by atoms with E-state index in [1.54, 1.807) is 17.7 Å². The largest absolute Gasteiger partial charge is 0.476 e. The number of aromatic nitrogens is 2. The molecule has 0 radical (unpaired) electrons. The van der Waals surface area contributed by atoms with Gasteiger partial charge in [0, 0.05) is 12.6 Å². The number of hydrogen-bond acceptors (Lipinski definition) is 4. The van der Waals surface area contributed by atoms with Crippen LogP contribution in [0.15, 0.2) is 6.07 Å². The highest BCUT2D eigenvalue weighted by atomic mass is 16.5. The predicted octanol–water partition coefficient (Wildman–Crippen LogP) is -0.614. The van der Waals surface area contributed by atoms with Crippen molar-refractivity contribution < 1.29 is 14.6 Å². The Labute approximate surface area is 86.8 Å². The fourth-order valence-corrected chi connectivity index (χ4v) is 1.35. The van der Waals surface area contributed by atoms with Crippen LogP contribution in [0.25, 0.3) is 0 Å². The summed E-state index contributed by atoms with van der Waals surface area (Å²) in [6.07, 6.45) is -0.556. The van der Waals surface area contributed by atoms with Gasteiger partial charge in [-0.05, 0) is 6.92 Å². The first-order valence-corrected chi connectivity index (χ1v) is 4.84. The average Bonchev–Trinajstić information content (AvgIpc) is 2.72. The molecule has 82 valence electrons. The molecular formula is C9H13N3O3. The highest BCUT2D eigenvalue weighted by Gasteiger charge is 2.18. The maximum Gasteiger partial charge on any atom is 0.272 e. The van der Waals surface area contributed by atoms with Crippen molar-refractivity contribution in [3.8, 4) is 5.88 Å². The van der Waals surface area contributed by atoms with Crippen molar-refractivity contribution in [1.29, 1.82) is 0 Å². The van der Waals surface area contributed by atoms with Gasteiger partial charge in [0.05, 0.1) is 12.6 Å². The molecule has 6 nitrogen and oxygen atoms in total. The summed E-state index contributed by atoms with van der Waals surface area (Å²) < 4.78 is 6.88. The average molecular weight is 211 g/mol. The quantitative estimate of drug-likeness (QED) is 0.699. The molecule has 2 N–H and O–H groups in total. The number of aliphatic hydroxyl groups excluding tert-OH is 1. The van der Waals surface area contributed by atoms with E-state index in [4.69, 9.17) is 9.84 Å². The number of carbonyl (C=O) groups is 1. The highest BCUT2D eigenvalue weighted by molar-refractivity contribution is 5.92. The van der Waals surface area contributed by atoms with Crippen molar-refractivity contribution >= 4 is 5.91 Å². The molecule has 6 heteroatoms. The third-order valence-electron chi connectivity index (χ3n) is 2.09. The Morgan fingerprint density at radius 3 is 3.33 bits per heavy atom. The zero-order valence-corrected chi connectivity index (χ0v) is 8.43. The molecule has 0 bridgehead atoms. The van der Waals surface area contributed by atoms with Crippen LogP contribution in [0.1, 0.15) is 17.4 Å². The van der Waals surface area contributed by atoms with E-state index in [1.165, 1.54) is 0 Å². The van der Waals surface area contributed by atoms with Gasteiger partial charge in [-0.25, -0.2) is 4.68 Å². The third-order valence-corrected chi connectivity index (χ3v) is 2.09. The Morgan fingerprint density at radius 1 is 1.87 bits per heavy atom. The lowest BCUT2D eigenvalue weighted by Crippen LogP contribution is -2.30. The summed E-state index contributed by atoms with van der Waals surface area (Å²) in [6.45, 7) is 3.12. The number of nitrogens with one attached hydrogen (secondary N) is 1. The van der Waals surface area contributed by atoms with E-state index in [9.17, 15) is 4.79 Å². The molecule has 0 aromatic carbocycles. The third kappa shape index (κ3) is 2.10. The Kier molecular flexibility index (Phi) is 2.59. The van der Waals surface area contributed by atoms with E-state index in [2.05, 4.69) is 10.4 Å². The second kappa shape index (κ2) is 3.90. The maximum absolute atomic E-state index is 11.5. The number of carbonyl (C=O) groups excluding carboxylic acids is 1. The second-order valence-electron chi connectivity index (χ2n) is 3.50. The number of nitrogens with zero attached hydrogens (tertiary/aromatic N) is 2. The van der Waals surface area contributed by atoms with E-state index in [-0.39, 0.29) is 12.5 Å². The summed E-state index contributed by atoms with van der Waals surface area (Å²) in [4.78, 5) is 11.5. The van der Waals surface area contributed by atoms with Crippen LogP contribution in [0, 0.1) is 0 Å². The smallest absolute Gasteiger partial charge is 0.272 e. The Bertz CT molecular complexity index is 351. The van der Waals surface area contributed by atoms with Crippen LogP contribution in [-0.4, -0.2) is 40.0 Å². The standard InChI is InChI=1S/C9H13N3O3/c1-6(13)5-10-9(14)7-4-8-12(11-7)2-3-15-8/h4,6,13H,2-3,5H2,1H3,(H,10,14). The van der Waals surface area contributed by atoms with Gasteiger partial charge in [-0.2, -0.15) is 5.10 Å². The van der Waals surface area contributed by atoms with Gasteiger partial charge < -0.3 is 15.2 Å². The molecule has 0 saturated carbocycles. The SMILES string of the molecule is CC(O)CNC(=O)c1cc2n(n1)CCO2. The van der Waals surface area contributed by atoms with Crippen LogP contribution in [0.3, 0.4) is 0 Å². The fourth-order valence-electron chi connectivity index (χ4n) is 1.35. The van der Waals surface area contributed by atoms with Crippen LogP contribution >= 0.6 is 0 Å². The fraction of sp³-hybridized carbons (Fsp3) is 0.556. The number of rotatable bonds is 3. The molecule has 1 aliphatic rings. The Hall–Kier alpha value is -1.56. The van der Waals surface area contributed by atoms with Gasteiger partial charge in [0.25, 0.3) is 5.91 Å². The zero-order valence-electron chi connectivity index (χ0n) is 8.43. The summed E-state index contributed by atoms with van der Waals surface area (Å²) in [5, 5.41) is 15.6. The molecule has 0 saturated heterocycles. The van der Waals surface area contributed by atoms with Gasteiger partial charge in [-0.3, -0.25) is 4.79 Å². The number of fused-ring (bicyclic) bond motifs is 1. The number of hydrogen-bond donors (Lipinski definition) is 2. The monoisotopic (exact) mass is 211 g/mol. The minimum atomic E-state index is -0.556. The first-order valence-electron chi connectivity index (χ1n) is 4.84. The van der Waals surface area contributed by atoms with Gasteiger partial charge >= 0.3 is 0 Å². The van der Waals surface area contributed by atoms with E-state index in [1.807, 2.05) is 0 Å². The summed E-state index contributed by atoms with van der Waals surface area (Å²) in [5.74, 6) is 0.332. The Morgan fingerprint density at radius 2 is 2.67 bits per heavy atom. The van der Waals surface area contributed by atoms with E-state index in [0.717, 1.165) is 0 Å². The van der Waals surface area contributed by atoms with Crippen molar-refractivity contribution in [3.63, 3.8) is 0 Å². The van der Waals surface area contributed by atoms with Crippen LogP contribution in [0.5, 0.6) is 5.88 Å². The first kappa shape index (κ1) is 9.97. The molecule has 0 aliphatic carbocycles. The molecule has 1 amide bonds. The van der Waals surface area contributed by atoms with Crippen molar-refractivity contribution in [1.82, 2.24) is 15.1 Å². The molecule has 1 atom stereocenters. The lowest BCUT2D eigenvalue weighted by molar-refractivity contribution is 0.0918. The first-order chi connectivity index (χ1) is 7.16. The number of aliphatic hydroxyl groups is 1. The van der Waals surface area contributed by atoms with E-state index >= 15 is 0 Å². The summed E-state index contributed by atoms with van der Waals surface area (Å²) in [6, 6.07) is 1.60. The maximum atomic E-state index is 11.5. The van der Waals surface area contributed by atoms with Crippen molar-refractivity contribution in [2.75, 3.05) is 13.2 Å². The van der Waals surface area contributed by atoms with Crippen molar-refractivity contribution in [3.05, 3.63) is 11.8 Å². The van der Waals surface area contributed by atoms with Crippen molar-refractivity contribution in [2.45, 2.75) is 19.6 Å². The minimum Gasteiger partial charge on any atom is -0.476 e. The molecule has 0 spiro atoms. The van der Waals surface area contributed by atoms with Crippen LogP contribution < -0.4 is 10.1 Å². The topological polar surface area (TPSA) is 76.4 Å². The number of amides is 1. The minimum absolute atomic E-state index is 0.224. The zero-order chi connectivity index (χ0) is 10.8. The lowest BCUT2D eigenvalue weighted by atomic mass is 10.3. The molecule has 1 aromatic rings. The molecule has 1 aromatic heterocycles. The van der Waals surface area contributed by atoms with Gasteiger partial charge in [0.1, 0.15) is 6.61 Å². The second-order valence-corrected chi connectivity index (χ2v) is 3.50. The molecule has 2 heterocycles. The number of ether oxygens (including phenoxy) is 1. The van der Waals surface area contributed by atoms with Crippen LogP contribution in [0.4, 0.5) is 0 Å². The molecular weight excluding hydrogens is 198 g/mol. The highest BCUT2D eigenvalue weighted by Crippen LogP contribution is 2.17. The molecule has 15 heavy (non-hydrogen) atoms. The van der Waals surface area contributed by atoms with Crippen LogP contribution in [-0.2, 0) is 6.54 Å². The normalized spacial score (nSPS) is 15.6. The summed E-state index contributed by atoms with van der Waals surface area (Å²) in [5.41, 5.74) is 0.324. The lowest BCUT2D eigenvalue weighted by Gasteiger charge is -2.04. The van der Waals surface area contributed by atoms with Gasteiger partial charge in [0.15, 0.2) is 5.69 Å². The van der Waals surface area contributed by atoms with Gasteiger partial charge in [-0.15, -0.1) is 0 Å². The van der Waals surface area contributed by atoms with Crippen molar-refractivity contribution in [2.24, 2.45) is 0 Å². The summed E-state index contributed by atoms with van der Waals surface area (Å²) in [7, 11) is 0. The molecule has 1 aliphatic heterocycles.